The zero-order valence-corrected chi connectivity index (χ0v) is 10.5. The van der Waals surface area contributed by atoms with Gasteiger partial charge in [0, 0.05) is 7.11 Å². The van der Waals surface area contributed by atoms with Crippen molar-refractivity contribution in [2.45, 2.75) is 51.0 Å². The predicted molar refractivity (Wildman–Crippen MR) is 63.7 cm³/mol. The van der Waals surface area contributed by atoms with Gasteiger partial charge in [-0.3, -0.25) is 4.79 Å². The highest BCUT2D eigenvalue weighted by molar-refractivity contribution is 5.67. The van der Waals surface area contributed by atoms with Crippen LogP contribution < -0.4 is 0 Å². The number of rotatable bonds is 4. The Balaban J connectivity index is 1.82. The predicted octanol–water partition coefficient (Wildman–Crippen LogP) is 2.69. The first-order valence-electron chi connectivity index (χ1n) is 6.86. The first-order valence-corrected chi connectivity index (χ1v) is 6.86. The molecular weight excluding hydrogens is 216 g/mol. The summed E-state index contributed by atoms with van der Waals surface area (Å²) in [6.07, 6.45) is 7.94. The lowest BCUT2D eigenvalue weighted by atomic mass is 9.48. The highest BCUT2D eigenvalue weighted by Crippen LogP contribution is 2.62. The summed E-state index contributed by atoms with van der Waals surface area (Å²) >= 11 is 0. The Morgan fingerprint density at radius 1 is 1.24 bits per heavy atom. The third-order valence-electron chi connectivity index (χ3n) is 5.41. The molecule has 0 aromatic rings. The lowest BCUT2D eigenvalue weighted by molar-refractivity contribution is -0.156. The van der Waals surface area contributed by atoms with Gasteiger partial charge in [0.1, 0.15) is 0 Å². The summed E-state index contributed by atoms with van der Waals surface area (Å²) in [6, 6.07) is 0. The summed E-state index contributed by atoms with van der Waals surface area (Å²) in [7, 11) is 1.69. The summed E-state index contributed by atoms with van der Waals surface area (Å²) in [6.45, 7) is 0. The highest BCUT2D eigenvalue weighted by Gasteiger charge is 2.54. The van der Waals surface area contributed by atoms with E-state index in [1.165, 1.54) is 38.5 Å². The quantitative estimate of drug-likeness (QED) is 0.819. The van der Waals surface area contributed by atoms with Crippen LogP contribution in [0.2, 0.25) is 0 Å². The van der Waals surface area contributed by atoms with E-state index in [1.807, 2.05) is 0 Å². The van der Waals surface area contributed by atoms with Gasteiger partial charge in [0.25, 0.3) is 0 Å². The van der Waals surface area contributed by atoms with Gasteiger partial charge in [-0.25, -0.2) is 0 Å². The third-order valence-corrected chi connectivity index (χ3v) is 5.41. The maximum Gasteiger partial charge on any atom is 0.306 e. The summed E-state index contributed by atoms with van der Waals surface area (Å²) < 4.78 is 5.57. The minimum Gasteiger partial charge on any atom is -0.481 e. The average molecular weight is 238 g/mol. The Morgan fingerprint density at radius 2 is 1.71 bits per heavy atom. The summed E-state index contributed by atoms with van der Waals surface area (Å²) in [5.74, 6) is 1.85. The summed E-state index contributed by atoms with van der Waals surface area (Å²) in [5.41, 5.74) is 0.196. The minimum atomic E-state index is -0.715. The number of carbonyl (C=O) groups is 1. The molecule has 4 rings (SSSR count). The second-order valence-electron chi connectivity index (χ2n) is 6.60. The van der Waals surface area contributed by atoms with Crippen LogP contribution in [0.1, 0.15) is 44.9 Å². The minimum absolute atomic E-state index is 0.0617. The van der Waals surface area contributed by atoms with Crippen LogP contribution in [-0.4, -0.2) is 24.3 Å². The number of hydrogen-bond acceptors (Lipinski definition) is 2. The maximum atomic E-state index is 11.0. The molecule has 96 valence electrons. The standard InChI is InChI=1S/C14H22O3/c1-17-12(5-13(15)16)14-6-9-2-10(7-14)4-11(3-9)8-14/h9-12H,2-8H2,1H3,(H,15,16). The summed E-state index contributed by atoms with van der Waals surface area (Å²) in [5, 5.41) is 9.04. The van der Waals surface area contributed by atoms with E-state index in [0.717, 1.165) is 17.8 Å². The second-order valence-corrected chi connectivity index (χ2v) is 6.60. The fraction of sp³-hybridized carbons (Fsp3) is 0.929. The molecule has 0 aromatic carbocycles. The van der Waals surface area contributed by atoms with E-state index in [1.54, 1.807) is 7.11 Å². The van der Waals surface area contributed by atoms with Crippen molar-refractivity contribution in [2.75, 3.05) is 7.11 Å². The van der Waals surface area contributed by atoms with Gasteiger partial charge in [0.2, 0.25) is 0 Å². The van der Waals surface area contributed by atoms with E-state index in [0.29, 0.717) is 0 Å². The monoisotopic (exact) mass is 238 g/mol. The van der Waals surface area contributed by atoms with Gasteiger partial charge >= 0.3 is 5.97 Å². The fourth-order valence-electron chi connectivity index (χ4n) is 5.28. The van der Waals surface area contributed by atoms with Crippen molar-refractivity contribution < 1.29 is 14.6 Å². The van der Waals surface area contributed by atoms with Gasteiger partial charge in [-0.1, -0.05) is 0 Å². The number of carboxylic acid groups (broad SMARTS) is 1. The van der Waals surface area contributed by atoms with Crippen molar-refractivity contribution in [1.82, 2.24) is 0 Å². The van der Waals surface area contributed by atoms with Gasteiger partial charge in [0.05, 0.1) is 12.5 Å². The van der Waals surface area contributed by atoms with Gasteiger partial charge in [0.15, 0.2) is 0 Å². The van der Waals surface area contributed by atoms with E-state index in [2.05, 4.69) is 0 Å². The Kier molecular flexibility index (Phi) is 2.69. The first-order chi connectivity index (χ1) is 8.11. The molecule has 4 fully saturated rings. The first kappa shape index (κ1) is 11.5. The molecule has 0 aliphatic heterocycles. The smallest absolute Gasteiger partial charge is 0.306 e. The molecule has 4 aliphatic carbocycles. The molecule has 0 radical (unpaired) electrons. The van der Waals surface area contributed by atoms with E-state index in [-0.39, 0.29) is 17.9 Å². The molecule has 4 bridgehead atoms. The molecule has 4 saturated carbocycles. The lowest BCUT2D eigenvalue weighted by Gasteiger charge is -2.58. The van der Waals surface area contributed by atoms with Crippen molar-refractivity contribution in [3.63, 3.8) is 0 Å². The molecule has 1 atom stereocenters. The summed E-state index contributed by atoms with van der Waals surface area (Å²) in [4.78, 5) is 11.0. The zero-order valence-electron chi connectivity index (χ0n) is 10.5. The second kappa shape index (κ2) is 3.98. The van der Waals surface area contributed by atoms with E-state index in [4.69, 9.17) is 9.84 Å². The Labute approximate surface area is 103 Å². The van der Waals surface area contributed by atoms with Crippen LogP contribution in [0.5, 0.6) is 0 Å². The average Bonchev–Trinajstić information content (AvgIpc) is 2.23. The van der Waals surface area contributed by atoms with Crippen LogP contribution in [0.25, 0.3) is 0 Å². The molecule has 3 nitrogen and oxygen atoms in total. The van der Waals surface area contributed by atoms with Crippen molar-refractivity contribution in [1.29, 1.82) is 0 Å². The van der Waals surface area contributed by atoms with Gasteiger partial charge in [-0.05, 0) is 61.7 Å². The molecule has 3 heteroatoms. The Morgan fingerprint density at radius 3 is 2.06 bits per heavy atom. The fourth-order valence-corrected chi connectivity index (χ4v) is 5.28. The van der Waals surface area contributed by atoms with Crippen LogP contribution in [0.3, 0.4) is 0 Å². The Hall–Kier alpha value is -0.570. The van der Waals surface area contributed by atoms with E-state index < -0.39 is 5.97 Å². The molecule has 0 aromatic heterocycles. The number of aliphatic carboxylic acids is 1. The molecule has 0 amide bonds. The van der Waals surface area contributed by atoms with E-state index in [9.17, 15) is 4.79 Å². The van der Waals surface area contributed by atoms with Gasteiger partial charge < -0.3 is 9.84 Å². The van der Waals surface area contributed by atoms with Crippen LogP contribution in [0.15, 0.2) is 0 Å². The number of methoxy groups -OCH3 is 1. The van der Waals surface area contributed by atoms with Crippen molar-refractivity contribution >= 4 is 5.97 Å². The molecule has 0 saturated heterocycles. The normalized spacial score (nSPS) is 44.9. The van der Waals surface area contributed by atoms with Crippen LogP contribution in [0.4, 0.5) is 0 Å². The third kappa shape index (κ3) is 1.88. The van der Waals surface area contributed by atoms with Crippen LogP contribution in [0, 0.1) is 23.2 Å². The van der Waals surface area contributed by atoms with Crippen LogP contribution >= 0.6 is 0 Å². The maximum absolute atomic E-state index is 11.0. The molecule has 1 unspecified atom stereocenters. The largest absolute Gasteiger partial charge is 0.481 e. The number of carboxylic acids is 1. The molecule has 4 aliphatic rings. The SMILES string of the molecule is COC(CC(=O)O)C12CC3CC(CC(C3)C1)C2. The molecular formula is C14H22O3. The topological polar surface area (TPSA) is 46.5 Å². The van der Waals surface area contributed by atoms with Crippen LogP contribution in [-0.2, 0) is 9.53 Å². The van der Waals surface area contributed by atoms with Crippen molar-refractivity contribution in [3.8, 4) is 0 Å². The van der Waals surface area contributed by atoms with Crippen molar-refractivity contribution in [3.05, 3.63) is 0 Å². The molecule has 0 heterocycles. The Bertz CT molecular complexity index is 288. The highest BCUT2D eigenvalue weighted by atomic mass is 16.5. The van der Waals surface area contributed by atoms with Crippen molar-refractivity contribution in [2.24, 2.45) is 23.2 Å². The van der Waals surface area contributed by atoms with E-state index >= 15 is 0 Å². The van der Waals surface area contributed by atoms with Gasteiger partial charge in [-0.2, -0.15) is 0 Å². The molecule has 0 spiro atoms. The molecule has 17 heavy (non-hydrogen) atoms. The number of hydrogen-bond donors (Lipinski definition) is 1. The zero-order chi connectivity index (χ0) is 12.0. The number of ether oxygens (including phenoxy) is 1. The lowest BCUT2D eigenvalue weighted by Crippen LogP contribution is -2.52. The van der Waals surface area contributed by atoms with Gasteiger partial charge in [-0.15, -0.1) is 0 Å². The molecule has 1 N–H and O–H groups in total.